The van der Waals surface area contributed by atoms with Crippen molar-refractivity contribution in [1.82, 2.24) is 9.80 Å². The molecule has 1 amide bonds. The van der Waals surface area contributed by atoms with Gasteiger partial charge in [0, 0.05) is 39.7 Å². The van der Waals surface area contributed by atoms with E-state index in [-0.39, 0.29) is 5.91 Å². The summed E-state index contributed by atoms with van der Waals surface area (Å²) in [6.07, 6.45) is 2.19. The van der Waals surface area contributed by atoms with Crippen LogP contribution in [0.1, 0.15) is 40.5 Å². The standard InChI is InChI=1S/C12H24N2O2.C2H6/c1-4-13(9-10-16-3)12-5-7-14(8-6-12)11(2)15;1-2/h12H,4-10H2,1-3H3;1-2H3. The van der Waals surface area contributed by atoms with Crippen LogP contribution in [0.25, 0.3) is 0 Å². The molecular weight excluding hydrogens is 228 g/mol. The number of piperidine rings is 1. The molecule has 4 nitrogen and oxygen atoms in total. The zero-order valence-electron chi connectivity index (χ0n) is 12.7. The van der Waals surface area contributed by atoms with Crippen LogP contribution in [-0.4, -0.2) is 61.6 Å². The summed E-state index contributed by atoms with van der Waals surface area (Å²) in [7, 11) is 1.74. The number of hydrogen-bond donors (Lipinski definition) is 0. The smallest absolute Gasteiger partial charge is 0.219 e. The van der Waals surface area contributed by atoms with E-state index in [1.807, 2.05) is 18.7 Å². The molecule has 0 aromatic rings. The molecule has 0 saturated carbocycles. The number of ether oxygens (including phenoxy) is 1. The molecule has 1 saturated heterocycles. The number of nitrogens with zero attached hydrogens (tertiary/aromatic N) is 2. The molecule has 0 N–H and O–H groups in total. The summed E-state index contributed by atoms with van der Waals surface area (Å²) >= 11 is 0. The average Bonchev–Trinajstić information content (AvgIpc) is 2.42. The quantitative estimate of drug-likeness (QED) is 0.756. The third kappa shape index (κ3) is 5.83. The fourth-order valence-electron chi connectivity index (χ4n) is 2.35. The zero-order chi connectivity index (χ0) is 14.0. The van der Waals surface area contributed by atoms with Crippen molar-refractivity contribution in [2.75, 3.05) is 39.9 Å². The molecule has 108 valence electrons. The van der Waals surface area contributed by atoms with Crippen LogP contribution in [0.4, 0.5) is 0 Å². The number of amides is 1. The Kier molecular flexibility index (Phi) is 9.98. The molecule has 0 aromatic carbocycles. The number of hydrogen-bond acceptors (Lipinski definition) is 3. The Morgan fingerprint density at radius 2 is 1.89 bits per heavy atom. The lowest BCUT2D eigenvalue weighted by atomic mass is 10.0. The molecule has 1 aliphatic rings. The van der Waals surface area contributed by atoms with Crippen LogP contribution in [0.15, 0.2) is 0 Å². The van der Waals surface area contributed by atoms with Crippen LogP contribution in [-0.2, 0) is 9.53 Å². The Bertz CT molecular complexity index is 214. The summed E-state index contributed by atoms with van der Waals surface area (Å²) in [4.78, 5) is 15.6. The number of methoxy groups -OCH3 is 1. The molecule has 0 bridgehead atoms. The van der Waals surface area contributed by atoms with Gasteiger partial charge in [-0.15, -0.1) is 0 Å². The van der Waals surface area contributed by atoms with Crippen molar-refractivity contribution >= 4 is 5.91 Å². The summed E-state index contributed by atoms with van der Waals surface area (Å²) < 4.78 is 5.12. The molecule has 0 radical (unpaired) electrons. The highest BCUT2D eigenvalue weighted by molar-refractivity contribution is 5.73. The van der Waals surface area contributed by atoms with Gasteiger partial charge in [0.2, 0.25) is 5.91 Å². The summed E-state index contributed by atoms with van der Waals surface area (Å²) in [5.41, 5.74) is 0. The topological polar surface area (TPSA) is 32.8 Å². The molecule has 18 heavy (non-hydrogen) atoms. The van der Waals surface area contributed by atoms with Crippen LogP contribution in [0, 0.1) is 0 Å². The van der Waals surface area contributed by atoms with Crippen LogP contribution in [0.3, 0.4) is 0 Å². The summed E-state index contributed by atoms with van der Waals surface area (Å²) in [6, 6.07) is 0.621. The second kappa shape index (κ2) is 10.3. The first-order valence-corrected chi connectivity index (χ1v) is 7.17. The molecule has 0 atom stereocenters. The number of likely N-dealkylation sites (tertiary alicyclic amines) is 1. The maximum absolute atomic E-state index is 11.2. The minimum absolute atomic E-state index is 0.207. The van der Waals surface area contributed by atoms with Crippen molar-refractivity contribution in [1.29, 1.82) is 0 Å². The molecule has 1 heterocycles. The van der Waals surface area contributed by atoms with Crippen molar-refractivity contribution in [2.45, 2.75) is 46.6 Å². The van der Waals surface area contributed by atoms with E-state index in [0.29, 0.717) is 6.04 Å². The van der Waals surface area contributed by atoms with Crippen LogP contribution < -0.4 is 0 Å². The lowest BCUT2D eigenvalue weighted by Crippen LogP contribution is -2.47. The Morgan fingerprint density at radius 1 is 1.33 bits per heavy atom. The van der Waals surface area contributed by atoms with Gasteiger partial charge in [0.05, 0.1) is 6.61 Å². The van der Waals surface area contributed by atoms with E-state index in [1.54, 1.807) is 14.0 Å². The van der Waals surface area contributed by atoms with E-state index in [1.165, 1.54) is 0 Å². The van der Waals surface area contributed by atoms with Gasteiger partial charge in [-0.3, -0.25) is 9.69 Å². The van der Waals surface area contributed by atoms with E-state index < -0.39 is 0 Å². The molecule has 1 rings (SSSR count). The lowest BCUT2D eigenvalue weighted by molar-refractivity contribution is -0.130. The van der Waals surface area contributed by atoms with E-state index in [4.69, 9.17) is 4.74 Å². The minimum atomic E-state index is 0.207. The van der Waals surface area contributed by atoms with Crippen molar-refractivity contribution in [2.24, 2.45) is 0 Å². The Balaban J connectivity index is 0.00000137. The van der Waals surface area contributed by atoms with Crippen molar-refractivity contribution in [3.8, 4) is 0 Å². The van der Waals surface area contributed by atoms with Gasteiger partial charge < -0.3 is 9.64 Å². The van der Waals surface area contributed by atoms with Crippen molar-refractivity contribution in [3.63, 3.8) is 0 Å². The summed E-state index contributed by atoms with van der Waals surface area (Å²) in [6.45, 7) is 12.5. The lowest BCUT2D eigenvalue weighted by Gasteiger charge is -2.37. The van der Waals surface area contributed by atoms with Crippen molar-refractivity contribution < 1.29 is 9.53 Å². The Labute approximate surface area is 112 Å². The molecular formula is C14H30N2O2. The van der Waals surface area contributed by atoms with E-state index in [2.05, 4.69) is 11.8 Å². The predicted molar refractivity (Wildman–Crippen MR) is 75.7 cm³/mol. The molecule has 1 aliphatic heterocycles. The highest BCUT2D eigenvalue weighted by Gasteiger charge is 2.24. The highest BCUT2D eigenvalue weighted by Crippen LogP contribution is 2.16. The van der Waals surface area contributed by atoms with Gasteiger partial charge in [0.1, 0.15) is 0 Å². The molecule has 0 aliphatic carbocycles. The van der Waals surface area contributed by atoms with Crippen molar-refractivity contribution in [3.05, 3.63) is 0 Å². The molecule has 0 unspecified atom stereocenters. The first kappa shape index (κ1) is 17.4. The SMILES string of the molecule is CC.CCN(CCOC)C1CCN(C(C)=O)CC1. The largest absolute Gasteiger partial charge is 0.383 e. The number of carbonyl (C=O) groups excluding carboxylic acids is 1. The summed E-state index contributed by atoms with van der Waals surface area (Å²) in [5, 5.41) is 0. The third-order valence-electron chi connectivity index (χ3n) is 3.42. The summed E-state index contributed by atoms with van der Waals surface area (Å²) in [5.74, 6) is 0.207. The fourth-order valence-corrected chi connectivity index (χ4v) is 2.35. The molecule has 0 spiro atoms. The van der Waals surface area contributed by atoms with E-state index in [9.17, 15) is 4.79 Å². The van der Waals surface area contributed by atoms with Gasteiger partial charge in [-0.25, -0.2) is 0 Å². The number of rotatable bonds is 5. The zero-order valence-corrected chi connectivity index (χ0v) is 12.7. The number of carbonyl (C=O) groups is 1. The van der Waals surface area contributed by atoms with E-state index in [0.717, 1.165) is 45.6 Å². The number of likely N-dealkylation sites (N-methyl/N-ethyl adjacent to an activating group) is 1. The van der Waals surface area contributed by atoms with Crippen LogP contribution >= 0.6 is 0 Å². The molecule has 4 heteroatoms. The second-order valence-electron chi connectivity index (χ2n) is 4.36. The normalized spacial score (nSPS) is 16.4. The molecule has 0 aromatic heterocycles. The first-order valence-electron chi connectivity index (χ1n) is 7.17. The average molecular weight is 258 g/mol. The van der Waals surface area contributed by atoms with Gasteiger partial charge in [-0.1, -0.05) is 20.8 Å². The minimum Gasteiger partial charge on any atom is -0.383 e. The van der Waals surface area contributed by atoms with Gasteiger partial charge >= 0.3 is 0 Å². The maximum atomic E-state index is 11.2. The van der Waals surface area contributed by atoms with Gasteiger partial charge in [-0.2, -0.15) is 0 Å². The third-order valence-corrected chi connectivity index (χ3v) is 3.42. The van der Waals surface area contributed by atoms with Gasteiger partial charge in [-0.05, 0) is 19.4 Å². The first-order chi connectivity index (χ1) is 8.69. The van der Waals surface area contributed by atoms with Gasteiger partial charge in [0.25, 0.3) is 0 Å². The van der Waals surface area contributed by atoms with Gasteiger partial charge in [0.15, 0.2) is 0 Å². The van der Waals surface area contributed by atoms with E-state index >= 15 is 0 Å². The highest BCUT2D eigenvalue weighted by atomic mass is 16.5. The predicted octanol–water partition coefficient (Wildman–Crippen LogP) is 1.99. The Morgan fingerprint density at radius 3 is 2.28 bits per heavy atom. The van der Waals surface area contributed by atoms with Crippen LogP contribution in [0.2, 0.25) is 0 Å². The van der Waals surface area contributed by atoms with Crippen LogP contribution in [0.5, 0.6) is 0 Å². The Hall–Kier alpha value is -0.610. The fraction of sp³-hybridized carbons (Fsp3) is 0.929. The second-order valence-corrected chi connectivity index (χ2v) is 4.36. The monoisotopic (exact) mass is 258 g/mol. The maximum Gasteiger partial charge on any atom is 0.219 e. The molecule has 1 fully saturated rings.